The first-order valence-electron chi connectivity index (χ1n) is 7.65. The number of pyridine rings is 1. The summed E-state index contributed by atoms with van der Waals surface area (Å²) in [6.07, 6.45) is 3.31. The third kappa shape index (κ3) is 5.77. The van der Waals surface area contributed by atoms with E-state index in [2.05, 4.69) is 15.0 Å². The van der Waals surface area contributed by atoms with Crippen molar-refractivity contribution in [2.24, 2.45) is 0 Å². The molecule has 25 heavy (non-hydrogen) atoms. The van der Waals surface area contributed by atoms with E-state index in [0.29, 0.717) is 12.1 Å². The topological polar surface area (TPSA) is 105 Å². The summed E-state index contributed by atoms with van der Waals surface area (Å²) in [5.41, 5.74) is 1.30. The fourth-order valence-corrected chi connectivity index (χ4v) is 3.07. The Morgan fingerprint density at radius 3 is 2.44 bits per heavy atom. The number of benzene rings is 1. The van der Waals surface area contributed by atoms with Crippen molar-refractivity contribution < 1.29 is 18.0 Å². The van der Waals surface area contributed by atoms with E-state index in [0.717, 1.165) is 5.56 Å². The number of nitrogens with zero attached hydrogens (tertiary/aromatic N) is 1. The molecule has 1 amide bonds. The van der Waals surface area contributed by atoms with Crippen molar-refractivity contribution in [2.75, 3.05) is 6.54 Å². The Hall–Kier alpha value is -2.58. The van der Waals surface area contributed by atoms with Gasteiger partial charge in [0.15, 0.2) is 5.78 Å². The van der Waals surface area contributed by atoms with Crippen LogP contribution in [-0.4, -0.2) is 31.6 Å². The maximum absolute atomic E-state index is 12.1. The Balaban J connectivity index is 1.81. The lowest BCUT2D eigenvalue weighted by Gasteiger charge is -2.08. The molecule has 1 aromatic heterocycles. The number of rotatable bonds is 8. The third-order valence-electron chi connectivity index (χ3n) is 3.43. The second-order valence-corrected chi connectivity index (χ2v) is 7.13. The Morgan fingerprint density at radius 2 is 1.84 bits per heavy atom. The summed E-state index contributed by atoms with van der Waals surface area (Å²) in [6.45, 7) is 1.73. The molecule has 0 fully saturated rings. The van der Waals surface area contributed by atoms with E-state index in [1.165, 1.54) is 31.2 Å². The largest absolute Gasteiger partial charge is 0.352 e. The van der Waals surface area contributed by atoms with Gasteiger partial charge in [0.05, 0.1) is 4.90 Å². The average Bonchev–Trinajstić information content (AvgIpc) is 2.61. The summed E-state index contributed by atoms with van der Waals surface area (Å²) in [7, 11) is -3.72. The Labute approximate surface area is 146 Å². The summed E-state index contributed by atoms with van der Waals surface area (Å²) in [5, 5.41) is 2.69. The van der Waals surface area contributed by atoms with Crippen molar-refractivity contribution in [1.82, 2.24) is 15.0 Å². The predicted octanol–water partition coefficient (Wildman–Crippen LogP) is 1.27. The molecule has 7 nitrogen and oxygen atoms in total. The van der Waals surface area contributed by atoms with Crippen LogP contribution in [0.25, 0.3) is 0 Å². The SMILES string of the molecule is CC(=O)c1ccc(S(=O)(=O)NCCC(=O)NCc2cccnc2)cc1. The molecule has 0 unspecified atom stereocenters. The molecule has 0 atom stereocenters. The van der Waals surface area contributed by atoms with Gasteiger partial charge in [-0.2, -0.15) is 0 Å². The van der Waals surface area contributed by atoms with Crippen LogP contribution in [-0.2, 0) is 21.4 Å². The minimum Gasteiger partial charge on any atom is -0.352 e. The second-order valence-electron chi connectivity index (χ2n) is 5.37. The van der Waals surface area contributed by atoms with Crippen LogP contribution in [0.1, 0.15) is 29.3 Å². The minimum atomic E-state index is -3.72. The van der Waals surface area contributed by atoms with E-state index >= 15 is 0 Å². The molecule has 2 N–H and O–H groups in total. The lowest BCUT2D eigenvalue weighted by atomic mass is 10.2. The first-order chi connectivity index (χ1) is 11.9. The molecule has 0 saturated carbocycles. The highest BCUT2D eigenvalue weighted by Gasteiger charge is 2.14. The van der Waals surface area contributed by atoms with E-state index in [1.54, 1.807) is 18.5 Å². The zero-order valence-corrected chi connectivity index (χ0v) is 14.5. The molecule has 132 valence electrons. The van der Waals surface area contributed by atoms with E-state index in [-0.39, 0.29) is 29.6 Å². The molecule has 8 heteroatoms. The fraction of sp³-hybridized carbons (Fsp3) is 0.235. The van der Waals surface area contributed by atoms with E-state index < -0.39 is 10.0 Å². The highest BCUT2D eigenvalue weighted by molar-refractivity contribution is 7.89. The monoisotopic (exact) mass is 361 g/mol. The lowest BCUT2D eigenvalue weighted by molar-refractivity contribution is -0.121. The smallest absolute Gasteiger partial charge is 0.240 e. The lowest BCUT2D eigenvalue weighted by Crippen LogP contribution is -2.30. The van der Waals surface area contributed by atoms with Gasteiger partial charge in [-0.3, -0.25) is 14.6 Å². The first kappa shape index (κ1) is 18.8. The fourth-order valence-electron chi connectivity index (χ4n) is 2.04. The number of sulfonamides is 1. The number of ketones is 1. The number of hydrogen-bond acceptors (Lipinski definition) is 5. The standard InChI is InChI=1S/C17H19N3O4S/c1-13(21)15-4-6-16(7-5-15)25(23,24)20-10-8-17(22)19-12-14-3-2-9-18-11-14/h2-7,9,11,20H,8,10,12H2,1H3,(H,19,22). The van der Waals surface area contributed by atoms with Crippen LogP contribution in [0.5, 0.6) is 0 Å². The van der Waals surface area contributed by atoms with Crippen molar-refractivity contribution in [3.63, 3.8) is 0 Å². The Bertz CT molecular complexity index is 834. The van der Waals surface area contributed by atoms with Gasteiger partial charge in [-0.1, -0.05) is 18.2 Å². The van der Waals surface area contributed by atoms with E-state index in [4.69, 9.17) is 0 Å². The number of amides is 1. The van der Waals surface area contributed by atoms with Crippen molar-refractivity contribution >= 4 is 21.7 Å². The third-order valence-corrected chi connectivity index (χ3v) is 4.90. The number of aromatic nitrogens is 1. The summed E-state index contributed by atoms with van der Waals surface area (Å²) >= 11 is 0. The van der Waals surface area contributed by atoms with Crippen molar-refractivity contribution in [3.8, 4) is 0 Å². The summed E-state index contributed by atoms with van der Waals surface area (Å²) in [5.74, 6) is -0.402. The molecular weight excluding hydrogens is 342 g/mol. The van der Waals surface area contributed by atoms with Gasteiger partial charge in [0.25, 0.3) is 0 Å². The zero-order valence-electron chi connectivity index (χ0n) is 13.7. The molecule has 2 rings (SSSR count). The van der Waals surface area contributed by atoms with Gasteiger partial charge >= 0.3 is 0 Å². The van der Waals surface area contributed by atoms with Crippen LogP contribution in [0.3, 0.4) is 0 Å². The molecule has 0 aliphatic rings. The van der Waals surface area contributed by atoms with Gasteiger partial charge in [0.1, 0.15) is 0 Å². The van der Waals surface area contributed by atoms with Crippen LogP contribution in [0.15, 0.2) is 53.7 Å². The van der Waals surface area contributed by atoms with Crippen molar-refractivity contribution in [2.45, 2.75) is 24.8 Å². The highest BCUT2D eigenvalue weighted by Crippen LogP contribution is 2.10. The van der Waals surface area contributed by atoms with Crippen molar-refractivity contribution in [3.05, 3.63) is 59.9 Å². The Morgan fingerprint density at radius 1 is 1.12 bits per heavy atom. The molecular formula is C17H19N3O4S. The van der Waals surface area contributed by atoms with Crippen LogP contribution in [0.4, 0.5) is 0 Å². The normalized spacial score (nSPS) is 11.1. The molecule has 0 bridgehead atoms. The molecule has 1 aromatic carbocycles. The zero-order chi connectivity index (χ0) is 18.3. The second kappa shape index (κ2) is 8.50. The van der Waals surface area contributed by atoms with Gasteiger partial charge in [0, 0.05) is 37.5 Å². The Kier molecular flexibility index (Phi) is 6.37. The molecule has 1 heterocycles. The molecule has 2 aromatic rings. The van der Waals surface area contributed by atoms with Crippen LogP contribution in [0, 0.1) is 0 Å². The van der Waals surface area contributed by atoms with Crippen LogP contribution < -0.4 is 10.0 Å². The first-order valence-corrected chi connectivity index (χ1v) is 9.13. The van der Waals surface area contributed by atoms with Crippen molar-refractivity contribution in [1.29, 1.82) is 0 Å². The molecule has 0 aliphatic heterocycles. The van der Waals surface area contributed by atoms with Crippen LogP contribution in [0.2, 0.25) is 0 Å². The van der Waals surface area contributed by atoms with Gasteiger partial charge in [-0.25, -0.2) is 13.1 Å². The van der Waals surface area contributed by atoms with Gasteiger partial charge in [0.2, 0.25) is 15.9 Å². The number of nitrogens with one attached hydrogen (secondary N) is 2. The molecule has 0 aliphatic carbocycles. The summed E-state index contributed by atoms with van der Waals surface area (Å²) < 4.78 is 26.6. The maximum atomic E-state index is 12.1. The summed E-state index contributed by atoms with van der Waals surface area (Å²) in [6, 6.07) is 9.24. The molecule has 0 spiro atoms. The highest BCUT2D eigenvalue weighted by atomic mass is 32.2. The number of Topliss-reactive ketones (excluding diaryl/α,β-unsaturated/α-hetero) is 1. The maximum Gasteiger partial charge on any atom is 0.240 e. The minimum absolute atomic E-state index is 0.0182. The predicted molar refractivity (Wildman–Crippen MR) is 92.3 cm³/mol. The quantitative estimate of drug-likeness (QED) is 0.689. The van der Waals surface area contributed by atoms with Gasteiger partial charge in [-0.05, 0) is 30.7 Å². The average molecular weight is 361 g/mol. The van der Waals surface area contributed by atoms with Crippen LogP contribution >= 0.6 is 0 Å². The number of carbonyl (C=O) groups excluding carboxylic acids is 2. The van der Waals surface area contributed by atoms with Gasteiger partial charge in [-0.15, -0.1) is 0 Å². The van der Waals surface area contributed by atoms with E-state index in [9.17, 15) is 18.0 Å². The summed E-state index contributed by atoms with van der Waals surface area (Å²) in [4.78, 5) is 27.0. The molecule has 0 saturated heterocycles. The van der Waals surface area contributed by atoms with Gasteiger partial charge < -0.3 is 5.32 Å². The van der Waals surface area contributed by atoms with E-state index in [1.807, 2.05) is 6.07 Å². The number of carbonyl (C=O) groups is 2. The molecule has 0 radical (unpaired) electrons. The number of hydrogen-bond donors (Lipinski definition) is 2.